The summed E-state index contributed by atoms with van der Waals surface area (Å²) in [6.07, 6.45) is 2.31. The summed E-state index contributed by atoms with van der Waals surface area (Å²) < 4.78 is 0. The van der Waals surface area contributed by atoms with Crippen molar-refractivity contribution in [2.75, 3.05) is 17.7 Å². The minimum absolute atomic E-state index is 0.480. The van der Waals surface area contributed by atoms with Crippen LogP contribution in [0.3, 0.4) is 0 Å². The smallest absolute Gasteiger partial charge is 0.139 e. The highest BCUT2D eigenvalue weighted by atomic mass is 35.5. The molecule has 21 heavy (non-hydrogen) atoms. The van der Waals surface area contributed by atoms with Gasteiger partial charge >= 0.3 is 0 Å². The quantitative estimate of drug-likeness (QED) is 0.852. The van der Waals surface area contributed by atoms with Gasteiger partial charge in [-0.25, -0.2) is 9.97 Å². The number of anilines is 3. The molecule has 4 nitrogen and oxygen atoms in total. The lowest BCUT2D eigenvalue weighted by Crippen LogP contribution is -2.07. The SMILES string of the molecule is CNc1nc(C2CC2)nc(Nc2cc(Cl)ccc2Cl)c1C. The van der Waals surface area contributed by atoms with Crippen LogP contribution in [0, 0.1) is 6.92 Å². The second-order valence-electron chi connectivity index (χ2n) is 5.18. The molecule has 0 unspecified atom stereocenters. The van der Waals surface area contributed by atoms with Crippen LogP contribution in [0.5, 0.6) is 0 Å². The second kappa shape index (κ2) is 5.70. The van der Waals surface area contributed by atoms with E-state index in [1.807, 2.05) is 14.0 Å². The molecule has 0 atom stereocenters. The van der Waals surface area contributed by atoms with E-state index in [1.165, 1.54) is 0 Å². The van der Waals surface area contributed by atoms with E-state index >= 15 is 0 Å². The van der Waals surface area contributed by atoms with Gasteiger partial charge in [-0.1, -0.05) is 23.2 Å². The fourth-order valence-corrected chi connectivity index (χ4v) is 2.48. The predicted octanol–water partition coefficient (Wildman–Crippen LogP) is 4.75. The Morgan fingerprint density at radius 2 is 1.86 bits per heavy atom. The molecule has 0 spiro atoms. The molecule has 1 aliphatic rings. The molecule has 0 saturated heterocycles. The van der Waals surface area contributed by atoms with Crippen molar-refractivity contribution in [1.82, 2.24) is 9.97 Å². The van der Waals surface area contributed by atoms with E-state index in [9.17, 15) is 0 Å². The molecule has 0 radical (unpaired) electrons. The van der Waals surface area contributed by atoms with Crippen LogP contribution in [0.15, 0.2) is 18.2 Å². The standard InChI is InChI=1S/C15H16Cl2N4/c1-8-13(18-2)20-15(9-3-4-9)21-14(8)19-12-7-10(16)5-6-11(12)17/h5-7,9H,3-4H2,1-2H3,(H2,18,19,20,21). The zero-order chi connectivity index (χ0) is 15.0. The second-order valence-corrected chi connectivity index (χ2v) is 6.02. The molecule has 0 aliphatic heterocycles. The Labute approximate surface area is 133 Å². The molecule has 1 saturated carbocycles. The highest BCUT2D eigenvalue weighted by molar-refractivity contribution is 6.35. The highest BCUT2D eigenvalue weighted by Crippen LogP contribution is 2.40. The summed E-state index contributed by atoms with van der Waals surface area (Å²) in [6.45, 7) is 1.98. The Bertz CT molecular complexity index is 684. The molecule has 1 aromatic heterocycles. The van der Waals surface area contributed by atoms with Gasteiger partial charge in [-0.3, -0.25) is 0 Å². The minimum atomic E-state index is 0.480. The Hall–Kier alpha value is -1.52. The molecule has 110 valence electrons. The third kappa shape index (κ3) is 3.06. The molecule has 0 bridgehead atoms. The Kier molecular flexibility index (Phi) is 3.91. The third-order valence-electron chi connectivity index (χ3n) is 3.52. The normalized spacial score (nSPS) is 14.1. The molecule has 1 fully saturated rings. The predicted molar refractivity (Wildman–Crippen MR) is 88.0 cm³/mol. The molecular weight excluding hydrogens is 307 g/mol. The van der Waals surface area contributed by atoms with Gasteiger partial charge in [-0.2, -0.15) is 0 Å². The van der Waals surface area contributed by atoms with Gasteiger partial charge < -0.3 is 10.6 Å². The van der Waals surface area contributed by atoms with E-state index in [2.05, 4.69) is 20.6 Å². The van der Waals surface area contributed by atoms with Gasteiger partial charge in [0.1, 0.15) is 17.5 Å². The number of halogens is 2. The number of hydrogen-bond acceptors (Lipinski definition) is 4. The maximum Gasteiger partial charge on any atom is 0.139 e. The number of benzene rings is 1. The van der Waals surface area contributed by atoms with Crippen LogP contribution in [0.1, 0.15) is 30.1 Å². The summed E-state index contributed by atoms with van der Waals surface area (Å²) in [6, 6.07) is 5.32. The van der Waals surface area contributed by atoms with E-state index < -0.39 is 0 Å². The number of hydrogen-bond donors (Lipinski definition) is 2. The first-order chi connectivity index (χ1) is 10.1. The number of aromatic nitrogens is 2. The summed E-state index contributed by atoms with van der Waals surface area (Å²) in [4.78, 5) is 9.22. The molecule has 3 rings (SSSR count). The molecule has 6 heteroatoms. The Morgan fingerprint density at radius 3 is 2.52 bits per heavy atom. The first-order valence-corrected chi connectivity index (χ1v) is 7.62. The molecule has 0 amide bonds. The number of nitrogens with zero attached hydrogens (tertiary/aromatic N) is 2. The van der Waals surface area contributed by atoms with Crippen LogP contribution >= 0.6 is 23.2 Å². The van der Waals surface area contributed by atoms with Crippen LogP contribution in [0.2, 0.25) is 10.0 Å². The summed E-state index contributed by atoms with van der Waals surface area (Å²) in [5.74, 6) is 2.96. The molecule has 1 heterocycles. The molecule has 1 aliphatic carbocycles. The van der Waals surface area contributed by atoms with Gasteiger partial charge in [-0.05, 0) is 38.0 Å². The lowest BCUT2D eigenvalue weighted by Gasteiger charge is -2.14. The lowest BCUT2D eigenvalue weighted by atomic mass is 10.2. The van der Waals surface area contributed by atoms with Gasteiger partial charge in [0.2, 0.25) is 0 Å². The van der Waals surface area contributed by atoms with E-state index in [0.717, 1.165) is 41.6 Å². The summed E-state index contributed by atoms with van der Waals surface area (Å²) in [7, 11) is 1.86. The first-order valence-electron chi connectivity index (χ1n) is 6.87. The Morgan fingerprint density at radius 1 is 1.14 bits per heavy atom. The van der Waals surface area contributed by atoms with Crippen molar-refractivity contribution in [2.45, 2.75) is 25.7 Å². The van der Waals surface area contributed by atoms with E-state index in [-0.39, 0.29) is 0 Å². The zero-order valence-electron chi connectivity index (χ0n) is 11.9. The first kappa shape index (κ1) is 14.4. The van der Waals surface area contributed by atoms with E-state index in [1.54, 1.807) is 18.2 Å². The van der Waals surface area contributed by atoms with Crippen LogP contribution in [-0.2, 0) is 0 Å². The fourth-order valence-electron chi connectivity index (χ4n) is 2.14. The molecular formula is C15H16Cl2N4. The van der Waals surface area contributed by atoms with Gasteiger partial charge in [0.25, 0.3) is 0 Å². The average Bonchev–Trinajstić information content (AvgIpc) is 3.29. The summed E-state index contributed by atoms with van der Waals surface area (Å²) >= 11 is 12.2. The van der Waals surface area contributed by atoms with Crippen LogP contribution in [-0.4, -0.2) is 17.0 Å². The lowest BCUT2D eigenvalue weighted by molar-refractivity contribution is 0.924. The maximum atomic E-state index is 6.21. The molecule has 2 aromatic rings. The van der Waals surface area contributed by atoms with Crippen molar-refractivity contribution in [3.8, 4) is 0 Å². The van der Waals surface area contributed by atoms with Crippen molar-refractivity contribution < 1.29 is 0 Å². The van der Waals surface area contributed by atoms with Crippen LogP contribution in [0.4, 0.5) is 17.3 Å². The maximum absolute atomic E-state index is 6.21. The third-order valence-corrected chi connectivity index (χ3v) is 4.09. The highest BCUT2D eigenvalue weighted by Gasteiger charge is 2.28. The fraction of sp³-hybridized carbons (Fsp3) is 0.333. The van der Waals surface area contributed by atoms with Crippen molar-refractivity contribution in [3.05, 3.63) is 39.6 Å². The average molecular weight is 323 g/mol. The summed E-state index contributed by atoms with van der Waals surface area (Å²) in [5.41, 5.74) is 1.70. The van der Waals surface area contributed by atoms with E-state index in [0.29, 0.717) is 16.0 Å². The topological polar surface area (TPSA) is 49.8 Å². The van der Waals surface area contributed by atoms with Gasteiger partial charge in [0.05, 0.1) is 10.7 Å². The van der Waals surface area contributed by atoms with Crippen molar-refractivity contribution in [1.29, 1.82) is 0 Å². The monoisotopic (exact) mass is 322 g/mol. The van der Waals surface area contributed by atoms with Crippen molar-refractivity contribution in [3.63, 3.8) is 0 Å². The molecule has 2 N–H and O–H groups in total. The number of rotatable bonds is 4. The Balaban J connectivity index is 2.00. The van der Waals surface area contributed by atoms with Gasteiger partial charge in [0, 0.05) is 23.6 Å². The van der Waals surface area contributed by atoms with Crippen LogP contribution in [0.25, 0.3) is 0 Å². The number of nitrogens with one attached hydrogen (secondary N) is 2. The van der Waals surface area contributed by atoms with E-state index in [4.69, 9.17) is 23.2 Å². The zero-order valence-corrected chi connectivity index (χ0v) is 13.4. The van der Waals surface area contributed by atoms with Crippen LogP contribution < -0.4 is 10.6 Å². The van der Waals surface area contributed by atoms with Gasteiger partial charge in [0.15, 0.2) is 0 Å². The summed E-state index contributed by atoms with van der Waals surface area (Å²) in [5, 5.41) is 7.63. The molecule has 1 aromatic carbocycles. The minimum Gasteiger partial charge on any atom is -0.373 e. The largest absolute Gasteiger partial charge is 0.373 e. The van der Waals surface area contributed by atoms with Crippen molar-refractivity contribution in [2.24, 2.45) is 0 Å². The van der Waals surface area contributed by atoms with Gasteiger partial charge in [-0.15, -0.1) is 0 Å². The van der Waals surface area contributed by atoms with Crippen molar-refractivity contribution >= 4 is 40.5 Å².